The van der Waals surface area contributed by atoms with Gasteiger partial charge in [-0.25, -0.2) is 0 Å². The minimum absolute atomic E-state index is 0.104. The van der Waals surface area contributed by atoms with Crippen molar-refractivity contribution in [3.8, 4) is 0 Å². The Bertz CT molecular complexity index is 314. The molecule has 1 unspecified atom stereocenters. The molecule has 15 heavy (non-hydrogen) atoms. The monoisotopic (exact) mass is 217 g/mol. The van der Waals surface area contributed by atoms with Crippen molar-refractivity contribution in [2.75, 3.05) is 0 Å². The lowest BCUT2D eigenvalue weighted by molar-refractivity contribution is -0.149. The van der Waals surface area contributed by atoms with Crippen LogP contribution in [0.5, 0.6) is 0 Å². The Morgan fingerprint density at radius 3 is 1.73 bits per heavy atom. The lowest BCUT2D eigenvalue weighted by Crippen LogP contribution is -2.28. The van der Waals surface area contributed by atoms with Crippen molar-refractivity contribution in [3.05, 3.63) is 35.4 Å². The Balaban J connectivity index is 2.89. The van der Waals surface area contributed by atoms with Crippen molar-refractivity contribution in [1.29, 1.82) is 0 Å². The van der Waals surface area contributed by atoms with Gasteiger partial charge >= 0.3 is 6.18 Å². The Morgan fingerprint density at radius 2 is 1.40 bits per heavy atom. The molecule has 0 bridgehead atoms. The summed E-state index contributed by atoms with van der Waals surface area (Å²) in [6.07, 6.45) is -4.38. The molecule has 0 aliphatic heterocycles. The highest BCUT2D eigenvalue weighted by Gasteiger charge is 2.37. The first-order valence-electron chi connectivity index (χ1n) is 4.74. The molecule has 1 nitrogen and oxygen atoms in total. The van der Waals surface area contributed by atoms with Crippen LogP contribution in [0.2, 0.25) is 0 Å². The molecule has 0 heterocycles. The summed E-state index contributed by atoms with van der Waals surface area (Å²) >= 11 is 0. The second-order valence-corrected chi connectivity index (χ2v) is 3.84. The van der Waals surface area contributed by atoms with E-state index in [1.807, 2.05) is 13.8 Å². The van der Waals surface area contributed by atoms with E-state index in [0.29, 0.717) is 5.92 Å². The van der Waals surface area contributed by atoms with Gasteiger partial charge in [0, 0.05) is 0 Å². The lowest BCUT2D eigenvalue weighted by atomic mass is 9.99. The normalized spacial score (nSPS) is 14.3. The molecule has 0 saturated heterocycles. The van der Waals surface area contributed by atoms with E-state index in [0.717, 1.165) is 5.56 Å². The molecular formula is C11H14F3N. The van der Waals surface area contributed by atoms with E-state index in [9.17, 15) is 13.2 Å². The van der Waals surface area contributed by atoms with Crippen LogP contribution >= 0.6 is 0 Å². The molecule has 0 amide bonds. The number of benzene rings is 1. The third kappa shape index (κ3) is 2.96. The van der Waals surface area contributed by atoms with Gasteiger partial charge in [0.1, 0.15) is 6.04 Å². The van der Waals surface area contributed by atoms with E-state index < -0.39 is 12.2 Å². The first kappa shape index (κ1) is 12.0. The molecule has 1 rings (SSSR count). The maximum Gasteiger partial charge on any atom is 0.407 e. The number of rotatable bonds is 2. The lowest BCUT2D eigenvalue weighted by Gasteiger charge is -2.16. The first-order chi connectivity index (χ1) is 6.82. The summed E-state index contributed by atoms with van der Waals surface area (Å²) in [6.45, 7) is 3.97. The first-order valence-corrected chi connectivity index (χ1v) is 4.74. The van der Waals surface area contributed by atoms with Crippen molar-refractivity contribution >= 4 is 0 Å². The number of nitrogens with two attached hydrogens (primary N) is 1. The Hall–Kier alpha value is -1.03. The maximum absolute atomic E-state index is 12.3. The van der Waals surface area contributed by atoms with Gasteiger partial charge in [0.15, 0.2) is 0 Å². The molecule has 84 valence electrons. The quantitative estimate of drug-likeness (QED) is 0.807. The summed E-state index contributed by atoms with van der Waals surface area (Å²) in [7, 11) is 0. The van der Waals surface area contributed by atoms with E-state index in [1.165, 1.54) is 12.1 Å². The van der Waals surface area contributed by atoms with Crippen LogP contribution in [0.15, 0.2) is 24.3 Å². The molecule has 0 saturated carbocycles. The zero-order chi connectivity index (χ0) is 11.6. The average molecular weight is 217 g/mol. The SMILES string of the molecule is CC(C)c1ccc(C(N)C(F)(F)F)cc1. The van der Waals surface area contributed by atoms with Gasteiger partial charge in [-0.2, -0.15) is 13.2 Å². The van der Waals surface area contributed by atoms with Gasteiger partial charge in [-0.3, -0.25) is 0 Å². The molecule has 4 heteroatoms. The van der Waals surface area contributed by atoms with Gasteiger partial charge in [-0.15, -0.1) is 0 Å². The fraction of sp³-hybridized carbons (Fsp3) is 0.455. The largest absolute Gasteiger partial charge is 0.407 e. The van der Waals surface area contributed by atoms with Gasteiger partial charge in [0.2, 0.25) is 0 Å². The van der Waals surface area contributed by atoms with Gasteiger partial charge in [-0.1, -0.05) is 38.1 Å². The highest BCUT2D eigenvalue weighted by Crippen LogP contribution is 2.30. The number of hydrogen-bond acceptors (Lipinski definition) is 1. The van der Waals surface area contributed by atoms with Crippen LogP contribution in [0.1, 0.15) is 36.9 Å². The summed E-state index contributed by atoms with van der Waals surface area (Å²) in [5.74, 6) is 0.307. The second-order valence-electron chi connectivity index (χ2n) is 3.84. The summed E-state index contributed by atoms with van der Waals surface area (Å²) in [5, 5.41) is 0. The fourth-order valence-electron chi connectivity index (χ4n) is 1.28. The number of alkyl halides is 3. The summed E-state index contributed by atoms with van der Waals surface area (Å²) in [5.41, 5.74) is 6.18. The van der Waals surface area contributed by atoms with Crippen LogP contribution < -0.4 is 5.73 Å². The smallest absolute Gasteiger partial charge is 0.316 e. The van der Waals surface area contributed by atoms with Gasteiger partial charge in [-0.05, 0) is 17.0 Å². The summed E-state index contributed by atoms with van der Waals surface area (Å²) in [4.78, 5) is 0. The number of hydrogen-bond donors (Lipinski definition) is 1. The van der Waals surface area contributed by atoms with Crippen molar-refractivity contribution in [2.24, 2.45) is 5.73 Å². The minimum atomic E-state index is -4.38. The van der Waals surface area contributed by atoms with E-state index in [2.05, 4.69) is 0 Å². The van der Waals surface area contributed by atoms with Crippen LogP contribution in [0.3, 0.4) is 0 Å². The highest BCUT2D eigenvalue weighted by molar-refractivity contribution is 5.27. The minimum Gasteiger partial charge on any atom is -0.316 e. The van der Waals surface area contributed by atoms with Crippen molar-refractivity contribution in [3.63, 3.8) is 0 Å². The fourth-order valence-corrected chi connectivity index (χ4v) is 1.28. The van der Waals surface area contributed by atoms with Gasteiger partial charge < -0.3 is 5.73 Å². The molecule has 0 radical (unpaired) electrons. The molecule has 0 aromatic heterocycles. The maximum atomic E-state index is 12.3. The average Bonchev–Trinajstić information content (AvgIpc) is 2.15. The Labute approximate surface area is 87.1 Å². The predicted molar refractivity (Wildman–Crippen MR) is 53.5 cm³/mol. The predicted octanol–water partition coefficient (Wildman–Crippen LogP) is 3.37. The van der Waals surface area contributed by atoms with Crippen LogP contribution in [0.25, 0.3) is 0 Å². The van der Waals surface area contributed by atoms with E-state index in [1.54, 1.807) is 12.1 Å². The van der Waals surface area contributed by atoms with E-state index in [-0.39, 0.29) is 5.56 Å². The van der Waals surface area contributed by atoms with Crippen LogP contribution in [0, 0.1) is 0 Å². The topological polar surface area (TPSA) is 26.0 Å². The van der Waals surface area contributed by atoms with Crippen molar-refractivity contribution in [1.82, 2.24) is 0 Å². The molecule has 0 aliphatic carbocycles. The van der Waals surface area contributed by atoms with Crippen molar-refractivity contribution in [2.45, 2.75) is 32.0 Å². The molecule has 0 spiro atoms. The second kappa shape index (κ2) is 4.23. The molecule has 0 fully saturated rings. The molecule has 1 aromatic rings. The Kier molecular flexibility index (Phi) is 3.39. The third-order valence-corrected chi connectivity index (χ3v) is 2.31. The molecule has 0 aliphatic rings. The molecule has 1 atom stereocenters. The van der Waals surface area contributed by atoms with Crippen LogP contribution in [-0.4, -0.2) is 6.18 Å². The summed E-state index contributed by atoms with van der Waals surface area (Å²) in [6, 6.07) is 4.36. The molecule has 2 N–H and O–H groups in total. The van der Waals surface area contributed by atoms with Crippen LogP contribution in [0.4, 0.5) is 13.2 Å². The summed E-state index contributed by atoms with van der Waals surface area (Å²) < 4.78 is 36.8. The zero-order valence-electron chi connectivity index (χ0n) is 8.68. The number of halogens is 3. The molecular weight excluding hydrogens is 203 g/mol. The highest BCUT2D eigenvalue weighted by atomic mass is 19.4. The van der Waals surface area contributed by atoms with Crippen molar-refractivity contribution < 1.29 is 13.2 Å². The van der Waals surface area contributed by atoms with Crippen LogP contribution in [-0.2, 0) is 0 Å². The van der Waals surface area contributed by atoms with E-state index in [4.69, 9.17) is 5.73 Å². The standard InChI is InChI=1S/C11H14F3N/c1-7(2)8-3-5-9(6-4-8)10(15)11(12,13)14/h3-7,10H,15H2,1-2H3. The third-order valence-electron chi connectivity index (χ3n) is 2.31. The van der Waals surface area contributed by atoms with E-state index >= 15 is 0 Å². The zero-order valence-corrected chi connectivity index (χ0v) is 8.68. The Morgan fingerprint density at radius 1 is 1.00 bits per heavy atom. The van der Waals surface area contributed by atoms with Gasteiger partial charge in [0.05, 0.1) is 0 Å². The molecule has 1 aromatic carbocycles. The van der Waals surface area contributed by atoms with Gasteiger partial charge in [0.25, 0.3) is 0 Å².